The Morgan fingerprint density at radius 3 is 2.32 bits per heavy atom. The van der Waals surface area contributed by atoms with E-state index in [0.717, 1.165) is 5.69 Å². The zero-order valence-electron chi connectivity index (χ0n) is 18.0. The van der Waals surface area contributed by atoms with E-state index < -0.39 is 10.0 Å². The minimum atomic E-state index is -3.66. The molecule has 0 atom stereocenters. The fraction of sp³-hybridized carbons (Fsp3) is 0.545. The van der Waals surface area contributed by atoms with E-state index in [9.17, 15) is 13.2 Å². The number of hydrogen-bond acceptors (Lipinski definition) is 6. The molecule has 0 radical (unpaired) electrons. The number of nitrogens with zero attached hydrogens (tertiary/aromatic N) is 2. The van der Waals surface area contributed by atoms with Crippen molar-refractivity contribution in [2.45, 2.75) is 67.4 Å². The van der Waals surface area contributed by atoms with Crippen LogP contribution in [-0.2, 0) is 14.8 Å². The van der Waals surface area contributed by atoms with Gasteiger partial charge in [-0.05, 0) is 63.8 Å². The van der Waals surface area contributed by atoms with Crippen LogP contribution in [0, 0.1) is 19.8 Å². The van der Waals surface area contributed by atoms with E-state index >= 15 is 0 Å². The lowest BCUT2D eigenvalue weighted by Crippen LogP contribution is -2.41. The third kappa shape index (κ3) is 4.99. The van der Waals surface area contributed by atoms with Crippen molar-refractivity contribution >= 4 is 33.4 Å². The first-order valence-electron chi connectivity index (χ1n) is 10.8. The molecule has 7 nitrogen and oxygen atoms in total. The summed E-state index contributed by atoms with van der Waals surface area (Å²) >= 11 is 1.92. The zero-order valence-corrected chi connectivity index (χ0v) is 19.6. The molecule has 0 bridgehead atoms. The summed E-state index contributed by atoms with van der Waals surface area (Å²) < 4.78 is 32.3. The van der Waals surface area contributed by atoms with Gasteiger partial charge in [0.1, 0.15) is 10.6 Å². The third-order valence-electron chi connectivity index (χ3n) is 6.12. The van der Waals surface area contributed by atoms with Crippen molar-refractivity contribution in [2.75, 3.05) is 18.4 Å². The number of amides is 1. The van der Waals surface area contributed by atoms with Crippen molar-refractivity contribution in [1.82, 2.24) is 9.46 Å². The van der Waals surface area contributed by atoms with E-state index in [0.29, 0.717) is 42.6 Å². The standard InChI is InChI=1S/C22H29N3O4S2/c1-15-21(16(2)29-24-15)31(27,28)25-13-11-17(12-14-25)22(26)23-18-7-9-20(10-8-18)30-19-5-3-4-6-19/h7-10,17,19H,3-6,11-14H2,1-2H3,(H,23,26). The average Bonchev–Trinajstić information content (AvgIpc) is 3.39. The first-order chi connectivity index (χ1) is 14.8. The molecule has 31 heavy (non-hydrogen) atoms. The first-order valence-corrected chi connectivity index (χ1v) is 13.2. The molecule has 1 saturated carbocycles. The van der Waals surface area contributed by atoms with E-state index in [1.54, 1.807) is 13.8 Å². The lowest BCUT2D eigenvalue weighted by Gasteiger charge is -2.30. The van der Waals surface area contributed by atoms with E-state index in [1.165, 1.54) is 34.9 Å². The van der Waals surface area contributed by atoms with Crippen LogP contribution in [0.5, 0.6) is 0 Å². The smallest absolute Gasteiger partial charge is 0.248 e. The minimum Gasteiger partial charge on any atom is -0.360 e. The largest absolute Gasteiger partial charge is 0.360 e. The SMILES string of the molecule is Cc1noc(C)c1S(=O)(=O)N1CCC(C(=O)Nc2ccc(SC3CCCC3)cc2)CC1. The van der Waals surface area contributed by atoms with Crippen LogP contribution in [0.3, 0.4) is 0 Å². The number of carbonyl (C=O) groups is 1. The van der Waals surface area contributed by atoms with Gasteiger partial charge in [0.05, 0.1) is 0 Å². The maximum absolute atomic E-state index is 12.9. The Morgan fingerprint density at radius 2 is 1.74 bits per heavy atom. The van der Waals surface area contributed by atoms with Gasteiger partial charge in [0.15, 0.2) is 5.76 Å². The van der Waals surface area contributed by atoms with E-state index in [2.05, 4.69) is 22.6 Å². The number of piperidine rings is 1. The molecule has 1 aromatic heterocycles. The summed E-state index contributed by atoms with van der Waals surface area (Å²) in [6.45, 7) is 3.84. The second kappa shape index (κ2) is 9.34. The Hall–Kier alpha value is -1.84. The number of nitrogens with one attached hydrogen (secondary N) is 1. The van der Waals surface area contributed by atoms with Crippen LogP contribution in [0.1, 0.15) is 50.0 Å². The average molecular weight is 464 g/mol. The number of rotatable bonds is 6. The van der Waals surface area contributed by atoms with Gasteiger partial charge in [-0.15, -0.1) is 11.8 Å². The summed E-state index contributed by atoms with van der Waals surface area (Å²) in [6.07, 6.45) is 6.20. The van der Waals surface area contributed by atoms with Crippen molar-refractivity contribution in [3.63, 3.8) is 0 Å². The van der Waals surface area contributed by atoms with Crippen molar-refractivity contribution < 1.29 is 17.7 Å². The number of anilines is 1. The number of thioether (sulfide) groups is 1. The summed E-state index contributed by atoms with van der Waals surface area (Å²) in [5, 5.41) is 7.46. The molecule has 168 valence electrons. The van der Waals surface area contributed by atoms with Gasteiger partial charge >= 0.3 is 0 Å². The summed E-state index contributed by atoms with van der Waals surface area (Å²) in [4.78, 5) is 14.1. The van der Waals surface area contributed by atoms with E-state index in [1.807, 2.05) is 23.9 Å². The van der Waals surface area contributed by atoms with Crippen LogP contribution >= 0.6 is 11.8 Å². The van der Waals surface area contributed by atoms with Crippen LogP contribution in [-0.4, -0.2) is 42.1 Å². The first kappa shape index (κ1) is 22.4. The monoisotopic (exact) mass is 463 g/mol. The number of benzene rings is 1. The van der Waals surface area contributed by atoms with Gasteiger partial charge < -0.3 is 9.84 Å². The fourth-order valence-electron chi connectivity index (χ4n) is 4.39. The maximum Gasteiger partial charge on any atom is 0.248 e. The van der Waals surface area contributed by atoms with Crippen LogP contribution in [0.15, 0.2) is 38.6 Å². The molecular formula is C22H29N3O4S2. The lowest BCUT2D eigenvalue weighted by molar-refractivity contribution is -0.120. The normalized spacial score (nSPS) is 19.0. The topological polar surface area (TPSA) is 92.5 Å². The fourth-order valence-corrected chi connectivity index (χ4v) is 7.40. The van der Waals surface area contributed by atoms with Gasteiger partial charge in [-0.3, -0.25) is 4.79 Å². The summed E-state index contributed by atoms with van der Waals surface area (Å²) in [5.41, 5.74) is 1.15. The summed E-state index contributed by atoms with van der Waals surface area (Å²) in [6, 6.07) is 8.03. The number of carbonyl (C=O) groups excluding carboxylic acids is 1. The van der Waals surface area contributed by atoms with Crippen LogP contribution in [0.2, 0.25) is 0 Å². The molecule has 1 aromatic carbocycles. The molecule has 2 fully saturated rings. The predicted molar refractivity (Wildman–Crippen MR) is 121 cm³/mol. The maximum atomic E-state index is 12.9. The molecule has 1 N–H and O–H groups in total. The molecule has 0 unspecified atom stereocenters. The molecule has 9 heteroatoms. The third-order valence-corrected chi connectivity index (χ3v) is 9.61. The number of sulfonamides is 1. The van der Waals surface area contributed by atoms with Crippen molar-refractivity contribution in [2.24, 2.45) is 5.92 Å². The second-order valence-corrected chi connectivity index (χ2v) is 11.6. The number of aromatic nitrogens is 1. The van der Waals surface area contributed by atoms with Crippen molar-refractivity contribution in [3.05, 3.63) is 35.7 Å². The quantitative estimate of drug-likeness (QED) is 0.684. The predicted octanol–water partition coefficient (Wildman–Crippen LogP) is 4.37. The second-order valence-electron chi connectivity index (χ2n) is 8.37. The summed E-state index contributed by atoms with van der Waals surface area (Å²) in [7, 11) is -3.66. The zero-order chi connectivity index (χ0) is 22.0. The van der Waals surface area contributed by atoms with Gasteiger partial charge in [-0.2, -0.15) is 4.31 Å². The van der Waals surface area contributed by atoms with Crippen LogP contribution < -0.4 is 5.32 Å². The molecule has 1 aliphatic heterocycles. The van der Waals surface area contributed by atoms with E-state index in [-0.39, 0.29) is 16.7 Å². The Morgan fingerprint density at radius 1 is 1.10 bits per heavy atom. The molecule has 4 rings (SSSR count). The van der Waals surface area contributed by atoms with Gasteiger partial charge in [0.25, 0.3) is 0 Å². The highest BCUT2D eigenvalue weighted by Gasteiger charge is 2.35. The molecular weight excluding hydrogens is 434 g/mol. The van der Waals surface area contributed by atoms with Gasteiger partial charge in [0, 0.05) is 34.8 Å². The number of hydrogen-bond donors (Lipinski definition) is 1. The Balaban J connectivity index is 1.31. The molecule has 2 heterocycles. The molecule has 1 saturated heterocycles. The molecule has 2 aromatic rings. The lowest BCUT2D eigenvalue weighted by atomic mass is 9.97. The van der Waals surface area contributed by atoms with Gasteiger partial charge in [-0.1, -0.05) is 18.0 Å². The number of aryl methyl sites for hydroxylation is 2. The Kier molecular flexibility index (Phi) is 6.74. The van der Waals surface area contributed by atoms with Gasteiger partial charge in [-0.25, -0.2) is 8.42 Å². The van der Waals surface area contributed by atoms with Gasteiger partial charge in [0.2, 0.25) is 15.9 Å². The highest BCUT2D eigenvalue weighted by Crippen LogP contribution is 2.35. The highest BCUT2D eigenvalue weighted by molar-refractivity contribution is 8.00. The van der Waals surface area contributed by atoms with Crippen LogP contribution in [0.4, 0.5) is 5.69 Å². The summed E-state index contributed by atoms with van der Waals surface area (Å²) in [5.74, 6) is 0.0427. The van der Waals surface area contributed by atoms with Crippen LogP contribution in [0.25, 0.3) is 0 Å². The van der Waals surface area contributed by atoms with E-state index in [4.69, 9.17) is 4.52 Å². The Bertz CT molecular complexity index is 1000. The minimum absolute atomic E-state index is 0.0504. The molecule has 1 amide bonds. The molecule has 2 aliphatic rings. The molecule has 1 aliphatic carbocycles. The Labute approximate surface area is 188 Å². The molecule has 0 spiro atoms. The van der Waals surface area contributed by atoms with Crippen molar-refractivity contribution in [1.29, 1.82) is 0 Å². The van der Waals surface area contributed by atoms with Crippen molar-refractivity contribution in [3.8, 4) is 0 Å². The highest BCUT2D eigenvalue weighted by atomic mass is 32.2.